The Morgan fingerprint density at radius 1 is 1.36 bits per heavy atom. The number of hydrogen-bond donors (Lipinski definition) is 1. The van der Waals surface area contributed by atoms with Gasteiger partial charge < -0.3 is 4.18 Å². The summed E-state index contributed by atoms with van der Waals surface area (Å²) in [5, 5.41) is 0. The van der Waals surface area contributed by atoms with Crippen LogP contribution in [0.25, 0.3) is 0 Å². The van der Waals surface area contributed by atoms with Gasteiger partial charge in [0.25, 0.3) is 0 Å². The van der Waals surface area contributed by atoms with Crippen molar-refractivity contribution in [3.05, 3.63) is 12.7 Å². The van der Waals surface area contributed by atoms with Crippen LogP contribution in [0, 0.1) is 0 Å². The van der Waals surface area contributed by atoms with Gasteiger partial charge >= 0.3 is 16.4 Å². The molecule has 0 saturated heterocycles. The molecule has 0 aromatic carbocycles. The van der Waals surface area contributed by atoms with Crippen molar-refractivity contribution >= 4 is 10.4 Å². The third kappa shape index (κ3) is 2.87. The van der Waals surface area contributed by atoms with Gasteiger partial charge in [-0.3, -0.25) is 4.55 Å². The molecule has 11 heavy (non-hydrogen) atoms. The summed E-state index contributed by atoms with van der Waals surface area (Å²) in [6, 6.07) is -0.470. The summed E-state index contributed by atoms with van der Waals surface area (Å²) in [7, 11) is -4.53. The maximum atomic E-state index is 10.0. The second kappa shape index (κ2) is 2.76. The highest BCUT2D eigenvalue weighted by atomic mass is 32.3. The zero-order valence-electron chi connectivity index (χ0n) is 5.08. The summed E-state index contributed by atoms with van der Waals surface area (Å²) < 4.78 is 32.1. The van der Waals surface area contributed by atoms with Crippen LogP contribution in [0.2, 0.25) is 0 Å². The maximum absolute atomic E-state index is 10.0. The minimum Gasteiger partial charge on any atom is -0.322 e. The van der Waals surface area contributed by atoms with Gasteiger partial charge in [0.15, 0.2) is 0 Å². The fraction of sp³-hybridized carbons (Fsp3) is 0. The van der Waals surface area contributed by atoms with Crippen LogP contribution < -0.4 is 4.18 Å². The highest BCUT2D eigenvalue weighted by molar-refractivity contribution is 7.81. The lowest BCUT2D eigenvalue weighted by atomic mass is 11.0. The molecule has 0 unspecified atom stereocenters. The highest BCUT2D eigenvalue weighted by Crippen LogP contribution is 1.98. The topological polar surface area (TPSA) is 102 Å². The Hall–Kier alpha value is -1.28. The van der Waals surface area contributed by atoms with E-state index in [-0.39, 0.29) is 0 Å². The Morgan fingerprint density at radius 3 is 2.36 bits per heavy atom. The first kappa shape index (κ1) is 7.82. The lowest BCUT2D eigenvalue weighted by Gasteiger charge is -1.95. The van der Waals surface area contributed by atoms with E-state index in [1.807, 2.05) is 0 Å². The van der Waals surface area contributed by atoms with Crippen LogP contribution in [-0.2, 0) is 10.4 Å². The lowest BCUT2D eigenvalue weighted by molar-refractivity contribution is 0.373. The molecule has 1 heterocycles. The third-order valence-electron chi connectivity index (χ3n) is 0.650. The maximum Gasteiger partial charge on any atom is 0.449 e. The smallest absolute Gasteiger partial charge is 0.322 e. The van der Waals surface area contributed by atoms with Gasteiger partial charge in [-0.15, -0.1) is 0 Å². The molecule has 0 aliphatic rings. The monoisotopic (exact) mass is 177 g/mol. The molecule has 1 N–H and O–H groups in total. The molecule has 0 fully saturated rings. The van der Waals surface area contributed by atoms with Crippen molar-refractivity contribution in [3.8, 4) is 6.01 Å². The summed E-state index contributed by atoms with van der Waals surface area (Å²) in [6.45, 7) is 0. The fourth-order valence-corrected chi connectivity index (χ4v) is 0.640. The predicted octanol–water partition coefficient (Wildman–Crippen LogP) is -0.947. The minimum absolute atomic E-state index is 0.470. The summed E-state index contributed by atoms with van der Waals surface area (Å²) in [4.78, 5) is 9.96. The molecule has 0 bridgehead atoms. The van der Waals surface area contributed by atoms with Crippen molar-refractivity contribution in [1.29, 1.82) is 0 Å². The number of rotatable bonds is 2. The van der Waals surface area contributed by atoms with E-state index in [1.165, 1.54) is 0 Å². The van der Waals surface area contributed by atoms with Crippen molar-refractivity contribution in [2.24, 2.45) is 0 Å². The molecule has 1 aromatic rings. The van der Waals surface area contributed by atoms with Gasteiger partial charge in [-0.2, -0.15) is 18.4 Å². The molecule has 60 valence electrons. The van der Waals surface area contributed by atoms with Crippen LogP contribution in [0.4, 0.5) is 0 Å². The molecular weight excluding hydrogens is 174 g/mol. The fourth-order valence-electron chi connectivity index (χ4n) is 0.366. The van der Waals surface area contributed by atoms with E-state index in [2.05, 4.69) is 19.1 Å². The van der Waals surface area contributed by atoms with E-state index in [0.29, 0.717) is 0 Å². The number of aromatic nitrogens is 3. The molecule has 0 amide bonds. The summed E-state index contributed by atoms with van der Waals surface area (Å²) in [6.07, 6.45) is 2.07. The van der Waals surface area contributed by atoms with Crippen LogP contribution in [0.3, 0.4) is 0 Å². The molecule has 0 spiro atoms. The Balaban J connectivity index is 2.82. The molecule has 0 saturated carbocycles. The Kier molecular flexibility index (Phi) is 1.96. The zero-order valence-corrected chi connectivity index (χ0v) is 5.89. The van der Waals surface area contributed by atoms with Crippen molar-refractivity contribution in [1.82, 2.24) is 15.0 Å². The van der Waals surface area contributed by atoms with E-state index in [0.717, 1.165) is 12.7 Å². The standard InChI is InChI=1S/C3H3N3O4S/c7-11(8,9)10-3-5-1-4-2-6-3/h1-2H,(H,7,8,9). The Labute approximate surface area is 62.0 Å². The van der Waals surface area contributed by atoms with Crippen LogP contribution in [0.5, 0.6) is 6.01 Å². The van der Waals surface area contributed by atoms with E-state index in [4.69, 9.17) is 4.55 Å². The van der Waals surface area contributed by atoms with E-state index in [1.54, 1.807) is 0 Å². The van der Waals surface area contributed by atoms with Crippen LogP contribution in [0.1, 0.15) is 0 Å². The molecule has 1 aromatic heterocycles. The SMILES string of the molecule is O=S(=O)(O)Oc1ncncn1. The molecule has 8 heteroatoms. The van der Waals surface area contributed by atoms with Gasteiger partial charge in [0, 0.05) is 0 Å². The molecule has 0 aliphatic carbocycles. The lowest BCUT2D eigenvalue weighted by Crippen LogP contribution is -2.08. The first-order valence-electron chi connectivity index (χ1n) is 2.37. The third-order valence-corrected chi connectivity index (χ3v) is 1.01. The number of hydrogen-bond acceptors (Lipinski definition) is 6. The average molecular weight is 177 g/mol. The van der Waals surface area contributed by atoms with Gasteiger partial charge in [0.2, 0.25) is 0 Å². The van der Waals surface area contributed by atoms with Crippen LogP contribution in [-0.4, -0.2) is 27.9 Å². The summed E-state index contributed by atoms with van der Waals surface area (Å²) >= 11 is 0. The number of nitrogens with zero attached hydrogens (tertiary/aromatic N) is 3. The van der Waals surface area contributed by atoms with E-state index >= 15 is 0 Å². The van der Waals surface area contributed by atoms with Gasteiger partial charge in [-0.25, -0.2) is 4.98 Å². The van der Waals surface area contributed by atoms with Crippen molar-refractivity contribution in [3.63, 3.8) is 0 Å². The molecule has 0 aliphatic heterocycles. The molecule has 0 radical (unpaired) electrons. The van der Waals surface area contributed by atoms with Gasteiger partial charge in [0.1, 0.15) is 12.7 Å². The molecular formula is C3H3N3O4S. The van der Waals surface area contributed by atoms with Crippen molar-refractivity contribution in [2.45, 2.75) is 0 Å². The minimum atomic E-state index is -4.53. The summed E-state index contributed by atoms with van der Waals surface area (Å²) in [5.74, 6) is 0. The van der Waals surface area contributed by atoms with Crippen molar-refractivity contribution < 1.29 is 17.2 Å². The van der Waals surface area contributed by atoms with Gasteiger partial charge in [-0.1, -0.05) is 0 Å². The van der Waals surface area contributed by atoms with Gasteiger partial charge in [0.05, 0.1) is 0 Å². The quantitative estimate of drug-likeness (QED) is 0.581. The van der Waals surface area contributed by atoms with Crippen molar-refractivity contribution in [2.75, 3.05) is 0 Å². The second-order valence-electron chi connectivity index (χ2n) is 1.43. The highest BCUT2D eigenvalue weighted by Gasteiger charge is 2.07. The first-order valence-corrected chi connectivity index (χ1v) is 3.73. The van der Waals surface area contributed by atoms with E-state index < -0.39 is 16.4 Å². The molecule has 1 rings (SSSR count). The normalized spacial score (nSPS) is 11.0. The molecule has 0 atom stereocenters. The Morgan fingerprint density at radius 2 is 1.91 bits per heavy atom. The predicted molar refractivity (Wildman–Crippen MR) is 32.0 cm³/mol. The summed E-state index contributed by atoms with van der Waals surface area (Å²) in [5.41, 5.74) is 0. The van der Waals surface area contributed by atoms with Crippen LogP contribution >= 0.6 is 0 Å². The second-order valence-corrected chi connectivity index (χ2v) is 2.45. The van der Waals surface area contributed by atoms with E-state index in [9.17, 15) is 8.42 Å². The average Bonchev–Trinajstić information content (AvgIpc) is 1.85. The Bertz CT molecular complexity index is 322. The van der Waals surface area contributed by atoms with Gasteiger partial charge in [-0.05, 0) is 0 Å². The largest absolute Gasteiger partial charge is 0.449 e. The molecule has 7 nitrogen and oxygen atoms in total. The van der Waals surface area contributed by atoms with Crippen LogP contribution in [0.15, 0.2) is 12.7 Å². The first-order chi connectivity index (χ1) is 5.08. The zero-order chi connectivity index (χ0) is 8.32.